The first-order valence-corrected chi connectivity index (χ1v) is 12.7. The number of piperidine rings is 1. The van der Waals surface area contributed by atoms with Crippen LogP contribution in [0.15, 0.2) is 30.5 Å². The molecule has 216 valence electrons. The number of aliphatic hydroxyl groups excluding tert-OH is 1. The first-order valence-electron chi connectivity index (χ1n) is 11.9. The first kappa shape index (κ1) is 29.7. The number of carbonyl (C=O) groups is 2. The molecule has 0 bridgehead atoms. The van der Waals surface area contributed by atoms with Gasteiger partial charge < -0.3 is 20.6 Å². The molecule has 0 radical (unpaired) electrons. The molecule has 1 aliphatic rings. The molecule has 1 saturated heterocycles. The number of nitrogens with zero attached hydrogens (tertiary/aromatic N) is 4. The van der Waals surface area contributed by atoms with E-state index in [2.05, 4.69) is 20.7 Å². The van der Waals surface area contributed by atoms with E-state index in [1.54, 1.807) is 0 Å². The van der Waals surface area contributed by atoms with Crippen LogP contribution in [-0.4, -0.2) is 74.3 Å². The van der Waals surface area contributed by atoms with Crippen molar-refractivity contribution in [3.63, 3.8) is 0 Å². The van der Waals surface area contributed by atoms with Gasteiger partial charge in [-0.05, 0) is 37.6 Å². The lowest BCUT2D eigenvalue weighted by molar-refractivity contribution is -0.144. The Bertz CT molecular complexity index is 1420. The average Bonchev–Trinajstić information content (AvgIpc) is 3.22. The van der Waals surface area contributed by atoms with Crippen LogP contribution in [0.1, 0.15) is 29.4 Å². The van der Waals surface area contributed by atoms with Crippen LogP contribution >= 0.6 is 23.2 Å². The fraction of sp³-hybridized carbons (Fsp3) is 0.417. The van der Waals surface area contributed by atoms with E-state index in [4.69, 9.17) is 23.2 Å². The lowest BCUT2D eigenvalue weighted by Gasteiger charge is -2.38. The number of rotatable bonds is 7. The number of hydrogen-bond acceptors (Lipinski definition) is 6. The molecule has 1 fully saturated rings. The molecule has 3 N–H and O–H groups in total. The van der Waals surface area contributed by atoms with Crippen molar-refractivity contribution in [3.05, 3.63) is 51.9 Å². The topological polar surface area (TPSA) is 112 Å². The second-order valence-electron chi connectivity index (χ2n) is 9.41. The molecule has 16 heteroatoms. The lowest BCUT2D eigenvalue weighted by atomic mass is 9.99. The third kappa shape index (κ3) is 6.91. The van der Waals surface area contributed by atoms with Crippen molar-refractivity contribution in [1.82, 2.24) is 25.0 Å². The molecule has 3 aromatic rings. The van der Waals surface area contributed by atoms with Gasteiger partial charge in [0.25, 0.3) is 11.8 Å². The predicted molar refractivity (Wildman–Crippen MR) is 137 cm³/mol. The Morgan fingerprint density at radius 2 is 1.88 bits per heavy atom. The second kappa shape index (κ2) is 11.7. The summed E-state index contributed by atoms with van der Waals surface area (Å²) in [6.45, 7) is 1.03. The van der Waals surface area contributed by atoms with Gasteiger partial charge in [0.1, 0.15) is 5.69 Å². The van der Waals surface area contributed by atoms with Crippen molar-refractivity contribution < 1.29 is 36.6 Å². The maximum absolute atomic E-state index is 13.5. The highest BCUT2D eigenvalue weighted by atomic mass is 35.5. The van der Waals surface area contributed by atoms with Crippen molar-refractivity contribution in [2.45, 2.75) is 50.7 Å². The van der Waals surface area contributed by atoms with Gasteiger partial charge in [0.05, 0.1) is 23.7 Å². The molecule has 2 aromatic heterocycles. The van der Waals surface area contributed by atoms with Crippen molar-refractivity contribution in [3.8, 4) is 0 Å². The van der Waals surface area contributed by atoms with Gasteiger partial charge in [-0.3, -0.25) is 14.3 Å². The number of carbonyl (C=O) groups excluding carboxylic acids is 2. The number of aliphatic hydroxyl groups is 1. The summed E-state index contributed by atoms with van der Waals surface area (Å²) in [4.78, 5) is 29.6. The zero-order valence-corrected chi connectivity index (χ0v) is 22.2. The largest absolute Gasteiger partial charge is 0.433 e. The van der Waals surface area contributed by atoms with Crippen molar-refractivity contribution in [2.75, 3.05) is 18.4 Å². The van der Waals surface area contributed by atoms with E-state index in [1.807, 2.05) is 0 Å². The molecule has 3 heterocycles. The van der Waals surface area contributed by atoms with Gasteiger partial charge in [-0.1, -0.05) is 23.2 Å². The summed E-state index contributed by atoms with van der Waals surface area (Å²) in [5, 5.41) is 19.3. The van der Waals surface area contributed by atoms with E-state index in [0.29, 0.717) is 0 Å². The number of hydrogen-bond donors (Lipinski definition) is 3. The summed E-state index contributed by atoms with van der Waals surface area (Å²) in [5.41, 5.74) is -1.26. The minimum Gasteiger partial charge on any atom is -0.391 e. The molecular formula is C24H23Cl2F5N6O3. The third-order valence-corrected chi connectivity index (χ3v) is 6.63. The molecule has 4 rings (SSSR count). The van der Waals surface area contributed by atoms with Crippen LogP contribution in [0.5, 0.6) is 0 Å². The van der Waals surface area contributed by atoms with Crippen molar-refractivity contribution in [2.24, 2.45) is 0 Å². The monoisotopic (exact) mass is 608 g/mol. The molecule has 1 aliphatic heterocycles. The van der Waals surface area contributed by atoms with E-state index < -0.39 is 48.3 Å². The van der Waals surface area contributed by atoms with E-state index in [0.717, 1.165) is 11.0 Å². The van der Waals surface area contributed by atoms with Gasteiger partial charge in [0.15, 0.2) is 5.15 Å². The number of pyridine rings is 1. The van der Waals surface area contributed by atoms with Crippen LogP contribution in [0.25, 0.3) is 10.9 Å². The number of aromatic nitrogens is 3. The normalized spacial score (nSPS) is 18.7. The molecular weight excluding hydrogens is 586 g/mol. The molecule has 3 atom stereocenters. The number of alkyl halides is 5. The number of anilines is 1. The first-order chi connectivity index (χ1) is 18.7. The Morgan fingerprint density at radius 1 is 1.18 bits per heavy atom. The third-order valence-electron chi connectivity index (χ3n) is 6.12. The Hall–Kier alpha value is -3.23. The predicted octanol–water partition coefficient (Wildman–Crippen LogP) is 4.21. The maximum atomic E-state index is 13.5. The van der Waals surface area contributed by atoms with Gasteiger partial charge in [-0.15, -0.1) is 0 Å². The SMILES string of the molecule is C[C@H](O)Cn1cc(C(=O)N[C@H]2C[C@@H](Nc3cc(C(F)(F)F)nc4ccc(Cl)cc34)CN(C(=O)C(F)F)C2)c(Cl)n1. The zero-order valence-electron chi connectivity index (χ0n) is 20.7. The lowest BCUT2D eigenvalue weighted by Crippen LogP contribution is -2.57. The fourth-order valence-corrected chi connectivity index (χ4v) is 4.89. The van der Waals surface area contributed by atoms with Crippen LogP contribution in [0.4, 0.5) is 27.6 Å². The van der Waals surface area contributed by atoms with Gasteiger partial charge >= 0.3 is 12.6 Å². The molecule has 0 unspecified atom stereocenters. The van der Waals surface area contributed by atoms with Crippen LogP contribution < -0.4 is 10.6 Å². The fourth-order valence-electron chi connectivity index (χ4n) is 4.49. The van der Waals surface area contributed by atoms with Crippen molar-refractivity contribution in [1.29, 1.82) is 0 Å². The quantitative estimate of drug-likeness (QED) is 0.346. The Labute approximate surface area is 234 Å². The van der Waals surface area contributed by atoms with E-state index in [9.17, 15) is 36.6 Å². The highest BCUT2D eigenvalue weighted by molar-refractivity contribution is 6.32. The number of likely N-dealkylation sites (tertiary alicyclic amines) is 1. The molecule has 0 spiro atoms. The molecule has 9 nitrogen and oxygen atoms in total. The van der Waals surface area contributed by atoms with E-state index >= 15 is 0 Å². The molecule has 0 aliphatic carbocycles. The van der Waals surface area contributed by atoms with Gasteiger partial charge in [0.2, 0.25) is 0 Å². The highest BCUT2D eigenvalue weighted by Gasteiger charge is 2.36. The number of fused-ring (bicyclic) bond motifs is 1. The number of amides is 2. The number of halogens is 7. The Kier molecular flexibility index (Phi) is 8.71. The summed E-state index contributed by atoms with van der Waals surface area (Å²) in [6, 6.07) is 3.15. The van der Waals surface area contributed by atoms with Crippen LogP contribution in [0.2, 0.25) is 10.2 Å². The Morgan fingerprint density at radius 3 is 2.52 bits per heavy atom. The molecule has 0 saturated carbocycles. The Balaban J connectivity index is 1.62. The summed E-state index contributed by atoms with van der Waals surface area (Å²) in [6.07, 6.45) is -7.52. The average molecular weight is 609 g/mol. The summed E-state index contributed by atoms with van der Waals surface area (Å²) in [7, 11) is 0. The van der Waals surface area contributed by atoms with Crippen LogP contribution in [-0.2, 0) is 17.5 Å². The minimum absolute atomic E-state index is 0.00764. The van der Waals surface area contributed by atoms with Crippen LogP contribution in [0.3, 0.4) is 0 Å². The minimum atomic E-state index is -4.78. The number of nitrogens with one attached hydrogen (secondary N) is 2. The smallest absolute Gasteiger partial charge is 0.391 e. The van der Waals surface area contributed by atoms with Crippen LogP contribution in [0, 0.1) is 0 Å². The van der Waals surface area contributed by atoms with E-state index in [-0.39, 0.29) is 58.4 Å². The second-order valence-corrected chi connectivity index (χ2v) is 10.2. The molecule has 40 heavy (non-hydrogen) atoms. The summed E-state index contributed by atoms with van der Waals surface area (Å²) >= 11 is 12.1. The van der Waals surface area contributed by atoms with Gasteiger partial charge in [0, 0.05) is 47.5 Å². The zero-order chi connectivity index (χ0) is 29.4. The van der Waals surface area contributed by atoms with Gasteiger partial charge in [-0.25, -0.2) is 4.98 Å². The maximum Gasteiger partial charge on any atom is 0.433 e. The highest BCUT2D eigenvalue weighted by Crippen LogP contribution is 2.35. The standard InChI is InChI=1S/C24H23Cl2F5N6O3/c1-11(38)7-37-10-16(20(26)35-37)22(39)33-14-5-13(8-36(9-14)23(40)21(27)28)32-18-6-19(24(29,30)31)34-17-3-2-12(25)4-15(17)18/h2-4,6,10-11,13-14,21,38H,5,7-9H2,1H3,(H,32,34)(H,33,39)/t11-,13+,14-/m0/s1. The summed E-state index contributed by atoms with van der Waals surface area (Å²) < 4.78 is 68.6. The molecule has 1 aromatic carbocycles. The number of benzene rings is 1. The van der Waals surface area contributed by atoms with Gasteiger partial charge in [-0.2, -0.15) is 27.1 Å². The molecule has 2 amide bonds. The van der Waals surface area contributed by atoms with E-state index in [1.165, 1.54) is 36.0 Å². The van der Waals surface area contributed by atoms with Crippen molar-refractivity contribution >= 4 is 51.6 Å². The summed E-state index contributed by atoms with van der Waals surface area (Å²) in [5.74, 6) is -2.20.